The van der Waals surface area contributed by atoms with E-state index in [2.05, 4.69) is 5.32 Å². The van der Waals surface area contributed by atoms with E-state index in [0.717, 1.165) is 11.1 Å². The summed E-state index contributed by atoms with van der Waals surface area (Å²) in [5.41, 5.74) is 7.85. The van der Waals surface area contributed by atoms with E-state index in [4.69, 9.17) is 10.5 Å². The summed E-state index contributed by atoms with van der Waals surface area (Å²) >= 11 is 0. The van der Waals surface area contributed by atoms with Crippen molar-refractivity contribution in [1.82, 2.24) is 5.32 Å². The number of carbonyl (C=O) groups is 1. The van der Waals surface area contributed by atoms with Crippen LogP contribution in [0.15, 0.2) is 24.3 Å². The zero-order valence-electron chi connectivity index (χ0n) is 10.1. The van der Waals surface area contributed by atoms with Crippen molar-refractivity contribution < 1.29 is 9.53 Å². The highest BCUT2D eigenvalue weighted by Gasteiger charge is 2.12. The third-order valence-electron chi connectivity index (χ3n) is 2.40. The van der Waals surface area contributed by atoms with Crippen molar-refractivity contribution in [3.05, 3.63) is 35.4 Å². The van der Waals surface area contributed by atoms with Crippen LogP contribution in [0.3, 0.4) is 0 Å². The van der Waals surface area contributed by atoms with Crippen molar-refractivity contribution in [1.29, 1.82) is 0 Å². The molecule has 0 spiro atoms. The number of aryl methyl sites for hydroxylation is 1. The number of amides is 1. The predicted molar refractivity (Wildman–Crippen MR) is 70.1 cm³/mol. The minimum atomic E-state index is -0.603. The summed E-state index contributed by atoms with van der Waals surface area (Å²) < 4.78 is 4.81. The lowest BCUT2D eigenvalue weighted by atomic mass is 10.1. The first-order chi connectivity index (χ1) is 7.65. The van der Waals surface area contributed by atoms with Crippen LogP contribution in [0.2, 0.25) is 0 Å². The Kier molecular flexibility index (Phi) is 7.54. The molecule has 1 amide bonds. The van der Waals surface area contributed by atoms with Gasteiger partial charge in [0, 0.05) is 13.7 Å². The second-order valence-electron chi connectivity index (χ2n) is 3.71. The molecule has 0 heterocycles. The number of rotatable bonds is 5. The van der Waals surface area contributed by atoms with Crippen LogP contribution in [-0.4, -0.2) is 25.7 Å². The fourth-order valence-electron chi connectivity index (χ4n) is 1.38. The molecule has 0 aliphatic heterocycles. The number of nitrogens with two attached hydrogens (primary N) is 1. The molecule has 1 aromatic carbocycles. The number of hydrogen-bond donors (Lipinski definition) is 2. The van der Waals surface area contributed by atoms with Gasteiger partial charge in [0.1, 0.15) is 6.04 Å². The topological polar surface area (TPSA) is 64.3 Å². The van der Waals surface area contributed by atoms with Crippen LogP contribution in [0, 0.1) is 6.92 Å². The van der Waals surface area contributed by atoms with Gasteiger partial charge < -0.3 is 15.8 Å². The second kappa shape index (κ2) is 8.06. The van der Waals surface area contributed by atoms with Gasteiger partial charge in [0.25, 0.3) is 0 Å². The van der Waals surface area contributed by atoms with Crippen LogP contribution in [0.25, 0.3) is 0 Å². The highest BCUT2D eigenvalue weighted by Crippen LogP contribution is 2.05. The number of hydrogen-bond acceptors (Lipinski definition) is 3. The van der Waals surface area contributed by atoms with Crippen LogP contribution >= 0.6 is 12.4 Å². The van der Waals surface area contributed by atoms with E-state index in [9.17, 15) is 4.79 Å². The SMILES string of the molecule is COCC(N)C(=O)NCc1ccccc1C.Cl. The van der Waals surface area contributed by atoms with Gasteiger partial charge in [-0.25, -0.2) is 0 Å². The van der Waals surface area contributed by atoms with E-state index in [1.54, 1.807) is 0 Å². The van der Waals surface area contributed by atoms with Gasteiger partial charge in [0.2, 0.25) is 5.91 Å². The molecule has 0 aliphatic carbocycles. The van der Waals surface area contributed by atoms with E-state index in [1.807, 2.05) is 31.2 Å². The third-order valence-corrected chi connectivity index (χ3v) is 2.40. The predicted octanol–water partition coefficient (Wildman–Crippen LogP) is 1.01. The Morgan fingerprint density at radius 2 is 2.12 bits per heavy atom. The molecule has 96 valence electrons. The molecule has 1 atom stereocenters. The Bertz CT molecular complexity index is 358. The zero-order valence-corrected chi connectivity index (χ0v) is 10.9. The first-order valence-corrected chi connectivity index (χ1v) is 5.22. The number of halogens is 1. The van der Waals surface area contributed by atoms with Crippen LogP contribution in [0.5, 0.6) is 0 Å². The molecule has 0 bridgehead atoms. The highest BCUT2D eigenvalue weighted by molar-refractivity contribution is 5.85. The van der Waals surface area contributed by atoms with Crippen molar-refractivity contribution in [2.75, 3.05) is 13.7 Å². The molecule has 17 heavy (non-hydrogen) atoms. The van der Waals surface area contributed by atoms with Gasteiger partial charge >= 0.3 is 0 Å². The summed E-state index contributed by atoms with van der Waals surface area (Å²) in [6.07, 6.45) is 0. The minimum Gasteiger partial charge on any atom is -0.383 e. The molecular weight excluding hydrogens is 240 g/mol. The van der Waals surface area contributed by atoms with E-state index in [0.29, 0.717) is 6.54 Å². The first-order valence-electron chi connectivity index (χ1n) is 5.22. The van der Waals surface area contributed by atoms with Crippen molar-refractivity contribution in [3.8, 4) is 0 Å². The average molecular weight is 259 g/mol. The standard InChI is InChI=1S/C12H18N2O2.ClH/c1-9-5-3-4-6-10(9)7-14-12(15)11(13)8-16-2;/h3-6,11H,7-8,13H2,1-2H3,(H,14,15);1H. The molecule has 1 rings (SSSR count). The van der Waals surface area contributed by atoms with Crippen molar-refractivity contribution >= 4 is 18.3 Å². The molecule has 3 N–H and O–H groups in total. The zero-order chi connectivity index (χ0) is 12.0. The fraction of sp³-hybridized carbons (Fsp3) is 0.417. The van der Waals surface area contributed by atoms with Crippen LogP contribution in [0.1, 0.15) is 11.1 Å². The molecular formula is C12H19ClN2O2. The van der Waals surface area contributed by atoms with Crippen LogP contribution < -0.4 is 11.1 Å². The molecule has 1 unspecified atom stereocenters. The quantitative estimate of drug-likeness (QED) is 0.828. The molecule has 1 aromatic rings. The Balaban J connectivity index is 0.00000256. The normalized spacial score (nSPS) is 11.5. The molecule has 5 heteroatoms. The fourth-order valence-corrected chi connectivity index (χ4v) is 1.38. The van der Waals surface area contributed by atoms with Gasteiger partial charge in [-0.05, 0) is 18.1 Å². The molecule has 4 nitrogen and oxygen atoms in total. The lowest BCUT2D eigenvalue weighted by Gasteiger charge is -2.12. The van der Waals surface area contributed by atoms with Crippen LogP contribution in [0.4, 0.5) is 0 Å². The molecule has 0 aliphatic rings. The minimum absolute atomic E-state index is 0. The Labute approximate surface area is 108 Å². The molecule has 0 fully saturated rings. The highest BCUT2D eigenvalue weighted by atomic mass is 35.5. The maximum atomic E-state index is 11.5. The van der Waals surface area contributed by atoms with Crippen molar-refractivity contribution in [2.24, 2.45) is 5.73 Å². The van der Waals surface area contributed by atoms with Crippen molar-refractivity contribution in [2.45, 2.75) is 19.5 Å². The summed E-state index contributed by atoms with van der Waals surface area (Å²) in [6.45, 7) is 2.75. The average Bonchev–Trinajstić information content (AvgIpc) is 2.28. The number of carbonyl (C=O) groups excluding carboxylic acids is 1. The van der Waals surface area contributed by atoms with E-state index < -0.39 is 6.04 Å². The van der Waals surface area contributed by atoms with Gasteiger partial charge in [0.15, 0.2) is 0 Å². The first kappa shape index (κ1) is 15.9. The molecule has 0 aromatic heterocycles. The summed E-state index contributed by atoms with van der Waals surface area (Å²) in [5, 5.41) is 2.78. The van der Waals surface area contributed by atoms with Gasteiger partial charge in [-0.15, -0.1) is 12.4 Å². The molecule has 0 radical (unpaired) electrons. The largest absolute Gasteiger partial charge is 0.383 e. The number of nitrogens with one attached hydrogen (secondary N) is 1. The van der Waals surface area contributed by atoms with Crippen molar-refractivity contribution in [3.63, 3.8) is 0 Å². The Hall–Kier alpha value is -1.10. The number of benzene rings is 1. The second-order valence-corrected chi connectivity index (χ2v) is 3.71. The monoisotopic (exact) mass is 258 g/mol. The summed E-state index contributed by atoms with van der Waals surface area (Å²) in [4.78, 5) is 11.5. The maximum Gasteiger partial charge on any atom is 0.239 e. The lowest BCUT2D eigenvalue weighted by Crippen LogP contribution is -2.43. The maximum absolute atomic E-state index is 11.5. The third kappa shape index (κ3) is 5.17. The molecule has 0 saturated heterocycles. The van der Waals surface area contributed by atoms with Gasteiger partial charge in [-0.3, -0.25) is 4.79 Å². The number of ether oxygens (including phenoxy) is 1. The summed E-state index contributed by atoms with van der Waals surface area (Å²) in [5.74, 6) is -0.190. The van der Waals surface area contributed by atoms with E-state index in [-0.39, 0.29) is 24.9 Å². The summed E-state index contributed by atoms with van der Waals surface area (Å²) in [6, 6.07) is 7.31. The van der Waals surface area contributed by atoms with Gasteiger partial charge in [-0.2, -0.15) is 0 Å². The smallest absolute Gasteiger partial charge is 0.239 e. The molecule has 0 saturated carbocycles. The van der Waals surface area contributed by atoms with E-state index >= 15 is 0 Å². The Morgan fingerprint density at radius 1 is 1.47 bits per heavy atom. The lowest BCUT2D eigenvalue weighted by molar-refractivity contribution is -0.123. The van der Waals surface area contributed by atoms with Gasteiger partial charge in [0.05, 0.1) is 6.61 Å². The van der Waals surface area contributed by atoms with E-state index in [1.165, 1.54) is 7.11 Å². The number of methoxy groups -OCH3 is 1. The Morgan fingerprint density at radius 3 is 2.71 bits per heavy atom. The van der Waals surface area contributed by atoms with Gasteiger partial charge in [-0.1, -0.05) is 24.3 Å². The van der Waals surface area contributed by atoms with Crippen LogP contribution in [-0.2, 0) is 16.1 Å². The summed E-state index contributed by atoms with van der Waals surface area (Å²) in [7, 11) is 1.52.